The van der Waals surface area contributed by atoms with E-state index in [1.54, 1.807) is 0 Å². The number of hydrogen-bond donors (Lipinski definition) is 2. The summed E-state index contributed by atoms with van der Waals surface area (Å²) in [5, 5.41) is 2.43. The van der Waals surface area contributed by atoms with Crippen molar-refractivity contribution in [2.45, 2.75) is 12.7 Å². The number of amides is 1. The predicted octanol–water partition coefficient (Wildman–Crippen LogP) is 2.28. The molecule has 1 rings (SSSR count). The van der Waals surface area contributed by atoms with E-state index in [0.717, 1.165) is 0 Å². The van der Waals surface area contributed by atoms with Gasteiger partial charge in [-0.05, 0) is 18.2 Å². The molecule has 0 fully saturated rings. The van der Waals surface area contributed by atoms with Crippen molar-refractivity contribution >= 4 is 35.6 Å². The molecular formula is C11H14Cl2F2N2O3. The molecule has 0 bridgehead atoms. The lowest BCUT2D eigenvalue weighted by Crippen LogP contribution is -2.39. The second kappa shape index (κ2) is 8.91. The number of benzene rings is 1. The Balaban J connectivity index is 0.00000361. The Morgan fingerprint density at radius 2 is 2.15 bits per heavy atom. The highest BCUT2D eigenvalue weighted by Gasteiger charge is 2.14. The molecule has 0 heterocycles. The van der Waals surface area contributed by atoms with Crippen molar-refractivity contribution in [3.63, 3.8) is 0 Å². The first-order valence-corrected chi connectivity index (χ1v) is 5.61. The number of carbonyl (C=O) groups is 1. The first-order valence-electron chi connectivity index (χ1n) is 5.23. The number of nitrogens with one attached hydrogen (secondary N) is 1. The lowest BCUT2D eigenvalue weighted by molar-refractivity contribution is -0.118. The molecule has 0 spiro atoms. The minimum Gasteiger partial charge on any atom is -0.433 e. The molecule has 0 aliphatic carbocycles. The molecule has 0 saturated heterocycles. The summed E-state index contributed by atoms with van der Waals surface area (Å²) in [6.45, 7) is -2.90. The standard InChI is InChI=1S/C11H13ClF2N2O3.ClH/c1-18-5-8(15)10(17)16-6-2-3-9(7(12)4-6)19-11(13)14;/h2-4,8,11H,5,15H2,1H3,(H,16,17);1H. The van der Waals surface area contributed by atoms with Gasteiger partial charge in [-0.2, -0.15) is 8.78 Å². The maximum absolute atomic E-state index is 12.0. The number of alkyl halides is 2. The molecule has 5 nitrogen and oxygen atoms in total. The zero-order chi connectivity index (χ0) is 14.4. The number of methoxy groups -OCH3 is 1. The topological polar surface area (TPSA) is 73.6 Å². The molecule has 1 amide bonds. The fourth-order valence-corrected chi connectivity index (χ4v) is 1.49. The van der Waals surface area contributed by atoms with Crippen LogP contribution in [-0.2, 0) is 9.53 Å². The largest absolute Gasteiger partial charge is 0.433 e. The van der Waals surface area contributed by atoms with Crippen LogP contribution in [-0.4, -0.2) is 32.3 Å². The number of rotatable bonds is 6. The molecule has 1 aromatic carbocycles. The van der Waals surface area contributed by atoms with Gasteiger partial charge in [-0.1, -0.05) is 11.6 Å². The van der Waals surface area contributed by atoms with Gasteiger partial charge >= 0.3 is 6.61 Å². The Hall–Kier alpha value is -1.15. The van der Waals surface area contributed by atoms with Crippen LogP contribution in [0.15, 0.2) is 18.2 Å². The number of hydrogen-bond acceptors (Lipinski definition) is 4. The van der Waals surface area contributed by atoms with Crippen LogP contribution in [0, 0.1) is 0 Å². The van der Waals surface area contributed by atoms with E-state index in [0.29, 0.717) is 5.69 Å². The maximum Gasteiger partial charge on any atom is 0.387 e. The third kappa shape index (κ3) is 5.87. The van der Waals surface area contributed by atoms with Gasteiger partial charge < -0.3 is 20.5 Å². The lowest BCUT2D eigenvalue weighted by Gasteiger charge is -2.12. The average molecular weight is 331 g/mol. The highest BCUT2D eigenvalue weighted by Crippen LogP contribution is 2.28. The van der Waals surface area contributed by atoms with E-state index in [2.05, 4.69) is 10.1 Å². The minimum absolute atomic E-state index is 0. The highest BCUT2D eigenvalue weighted by atomic mass is 35.5. The first kappa shape index (κ1) is 18.9. The van der Waals surface area contributed by atoms with Crippen LogP contribution in [0.4, 0.5) is 14.5 Å². The quantitative estimate of drug-likeness (QED) is 0.839. The monoisotopic (exact) mass is 330 g/mol. The van der Waals surface area contributed by atoms with Crippen molar-refractivity contribution in [1.29, 1.82) is 0 Å². The number of anilines is 1. The van der Waals surface area contributed by atoms with Gasteiger partial charge in [0.05, 0.1) is 11.6 Å². The van der Waals surface area contributed by atoms with E-state index in [1.165, 1.54) is 25.3 Å². The molecule has 20 heavy (non-hydrogen) atoms. The van der Waals surface area contributed by atoms with Crippen LogP contribution >= 0.6 is 24.0 Å². The molecule has 9 heteroatoms. The molecule has 0 saturated carbocycles. The number of halogens is 4. The minimum atomic E-state index is -2.96. The van der Waals surface area contributed by atoms with Gasteiger partial charge in [-0.25, -0.2) is 0 Å². The molecule has 0 aliphatic rings. The third-order valence-corrected chi connectivity index (χ3v) is 2.39. The van der Waals surface area contributed by atoms with E-state index >= 15 is 0 Å². The Morgan fingerprint density at radius 1 is 1.50 bits per heavy atom. The van der Waals surface area contributed by atoms with Crippen LogP contribution in [0.1, 0.15) is 0 Å². The molecule has 1 aromatic rings. The summed E-state index contributed by atoms with van der Waals surface area (Å²) in [6.07, 6.45) is 0. The highest BCUT2D eigenvalue weighted by molar-refractivity contribution is 6.32. The van der Waals surface area contributed by atoms with Crippen LogP contribution in [0.3, 0.4) is 0 Å². The Morgan fingerprint density at radius 3 is 2.65 bits per heavy atom. The van der Waals surface area contributed by atoms with E-state index < -0.39 is 18.6 Å². The fraction of sp³-hybridized carbons (Fsp3) is 0.364. The van der Waals surface area contributed by atoms with Gasteiger partial charge in [-0.15, -0.1) is 12.4 Å². The van der Waals surface area contributed by atoms with E-state index in [9.17, 15) is 13.6 Å². The smallest absolute Gasteiger partial charge is 0.387 e. The molecule has 1 unspecified atom stereocenters. The summed E-state index contributed by atoms with van der Waals surface area (Å²) < 4.78 is 32.9. The van der Waals surface area contributed by atoms with Gasteiger partial charge in [0.25, 0.3) is 0 Å². The van der Waals surface area contributed by atoms with Crippen molar-refractivity contribution < 1.29 is 23.0 Å². The zero-order valence-electron chi connectivity index (χ0n) is 10.4. The van der Waals surface area contributed by atoms with E-state index in [-0.39, 0.29) is 29.8 Å². The van der Waals surface area contributed by atoms with Gasteiger partial charge in [0.1, 0.15) is 11.8 Å². The Kier molecular flexibility index (Phi) is 8.40. The lowest BCUT2D eigenvalue weighted by atomic mass is 10.2. The first-order chi connectivity index (χ1) is 8.93. The number of ether oxygens (including phenoxy) is 2. The Labute approximate surface area is 125 Å². The van der Waals surface area contributed by atoms with Crippen molar-refractivity contribution in [2.24, 2.45) is 5.73 Å². The number of nitrogens with two attached hydrogens (primary N) is 1. The molecule has 1 atom stereocenters. The van der Waals surface area contributed by atoms with Crippen molar-refractivity contribution in [3.05, 3.63) is 23.2 Å². The van der Waals surface area contributed by atoms with Crippen molar-refractivity contribution in [3.8, 4) is 5.75 Å². The van der Waals surface area contributed by atoms with Gasteiger partial charge in [0.15, 0.2) is 0 Å². The molecular weight excluding hydrogens is 317 g/mol. The second-order valence-electron chi connectivity index (χ2n) is 3.57. The van der Waals surface area contributed by atoms with Crippen molar-refractivity contribution in [1.82, 2.24) is 0 Å². The third-order valence-electron chi connectivity index (χ3n) is 2.10. The van der Waals surface area contributed by atoms with Crippen LogP contribution in [0.5, 0.6) is 5.75 Å². The van der Waals surface area contributed by atoms with Gasteiger partial charge in [0.2, 0.25) is 5.91 Å². The maximum atomic E-state index is 12.0. The zero-order valence-corrected chi connectivity index (χ0v) is 12.0. The molecule has 0 aliphatic heterocycles. The molecule has 114 valence electrons. The summed E-state index contributed by atoms with van der Waals surface area (Å²) in [5.41, 5.74) is 5.84. The van der Waals surface area contributed by atoms with E-state index in [1.807, 2.05) is 0 Å². The summed E-state index contributed by atoms with van der Waals surface area (Å²) in [6, 6.07) is 3.06. The summed E-state index contributed by atoms with van der Waals surface area (Å²) in [7, 11) is 1.42. The fourth-order valence-electron chi connectivity index (χ4n) is 1.26. The van der Waals surface area contributed by atoms with Crippen LogP contribution < -0.4 is 15.8 Å². The SMILES string of the molecule is COCC(N)C(=O)Nc1ccc(OC(F)F)c(Cl)c1.Cl. The predicted molar refractivity (Wildman–Crippen MR) is 73.8 cm³/mol. The normalized spacial score (nSPS) is 11.7. The van der Waals surface area contributed by atoms with Gasteiger partial charge in [0, 0.05) is 12.8 Å². The van der Waals surface area contributed by atoms with Gasteiger partial charge in [-0.3, -0.25) is 4.79 Å². The Bertz CT molecular complexity index is 450. The molecule has 0 aromatic heterocycles. The second-order valence-corrected chi connectivity index (χ2v) is 3.98. The van der Waals surface area contributed by atoms with Crippen molar-refractivity contribution in [2.75, 3.05) is 19.0 Å². The summed E-state index contributed by atoms with van der Waals surface area (Å²) in [5.74, 6) is -0.642. The molecule has 3 N–H and O–H groups in total. The average Bonchev–Trinajstić information content (AvgIpc) is 2.32. The number of carbonyl (C=O) groups excluding carboxylic acids is 1. The summed E-state index contributed by atoms with van der Waals surface area (Å²) >= 11 is 5.73. The van der Waals surface area contributed by atoms with Crippen LogP contribution in [0.2, 0.25) is 5.02 Å². The molecule has 0 radical (unpaired) electrons. The summed E-state index contributed by atoms with van der Waals surface area (Å²) in [4.78, 5) is 11.6. The van der Waals surface area contributed by atoms with E-state index in [4.69, 9.17) is 22.1 Å². The van der Waals surface area contributed by atoms with Crippen LogP contribution in [0.25, 0.3) is 0 Å².